The normalized spacial score (nSPS) is 11.4. The van der Waals surface area contributed by atoms with Crippen molar-refractivity contribution >= 4 is 34.7 Å². The number of carbonyl (C=O) groups is 2. The standard InChI is InChI=1S/C27H20ClNO3/c28-21-17-15-20(16-18-21)26(25(30)19-9-3-1-4-10-19)32-27(31)23-13-7-8-14-24(23)29-22-11-5-2-6-12-22/h1-18,26,29H/t26-/m1/s1. The van der Waals surface area contributed by atoms with Crippen molar-refractivity contribution in [2.24, 2.45) is 0 Å². The number of para-hydroxylation sites is 2. The van der Waals surface area contributed by atoms with Crippen LogP contribution in [-0.4, -0.2) is 11.8 Å². The van der Waals surface area contributed by atoms with Gasteiger partial charge in [0.25, 0.3) is 0 Å². The Labute approximate surface area is 191 Å². The second-order valence-corrected chi connectivity index (χ2v) is 7.54. The van der Waals surface area contributed by atoms with Gasteiger partial charge in [-0.3, -0.25) is 4.79 Å². The first-order valence-corrected chi connectivity index (χ1v) is 10.5. The number of carbonyl (C=O) groups excluding carboxylic acids is 2. The van der Waals surface area contributed by atoms with E-state index in [9.17, 15) is 9.59 Å². The van der Waals surface area contributed by atoms with Crippen molar-refractivity contribution < 1.29 is 14.3 Å². The van der Waals surface area contributed by atoms with Crippen LogP contribution < -0.4 is 5.32 Å². The molecular weight excluding hydrogens is 422 g/mol. The van der Waals surface area contributed by atoms with E-state index in [0.717, 1.165) is 5.69 Å². The number of halogens is 1. The zero-order chi connectivity index (χ0) is 22.3. The maximum atomic E-state index is 13.2. The molecule has 4 rings (SSSR count). The number of anilines is 2. The molecule has 1 atom stereocenters. The first kappa shape index (κ1) is 21.3. The number of hydrogen-bond acceptors (Lipinski definition) is 4. The second-order valence-electron chi connectivity index (χ2n) is 7.10. The summed E-state index contributed by atoms with van der Waals surface area (Å²) < 4.78 is 5.79. The van der Waals surface area contributed by atoms with E-state index in [1.807, 2.05) is 42.5 Å². The van der Waals surface area contributed by atoms with Gasteiger partial charge in [0.1, 0.15) is 0 Å². The van der Waals surface area contributed by atoms with E-state index in [4.69, 9.17) is 16.3 Å². The van der Waals surface area contributed by atoms with Gasteiger partial charge in [0, 0.05) is 21.8 Å². The molecule has 32 heavy (non-hydrogen) atoms. The quantitative estimate of drug-likeness (QED) is 0.251. The molecule has 1 N–H and O–H groups in total. The number of nitrogens with one attached hydrogen (secondary N) is 1. The fraction of sp³-hybridized carbons (Fsp3) is 0.0370. The highest BCUT2D eigenvalue weighted by Crippen LogP contribution is 2.28. The summed E-state index contributed by atoms with van der Waals surface area (Å²) in [7, 11) is 0. The number of esters is 1. The van der Waals surface area contributed by atoms with Gasteiger partial charge in [0.15, 0.2) is 6.10 Å². The molecule has 4 aromatic carbocycles. The van der Waals surface area contributed by atoms with Crippen LogP contribution in [0.25, 0.3) is 0 Å². The summed E-state index contributed by atoms with van der Waals surface area (Å²) in [6.45, 7) is 0. The first-order valence-electron chi connectivity index (χ1n) is 10.1. The van der Waals surface area contributed by atoms with Crippen molar-refractivity contribution in [3.8, 4) is 0 Å². The Kier molecular flexibility index (Phi) is 6.63. The van der Waals surface area contributed by atoms with Crippen molar-refractivity contribution in [3.63, 3.8) is 0 Å². The molecule has 0 aliphatic rings. The number of Topliss-reactive ketones (excluding diaryl/α,β-unsaturated/α-hetero) is 1. The van der Waals surface area contributed by atoms with Crippen LogP contribution in [0.15, 0.2) is 109 Å². The zero-order valence-corrected chi connectivity index (χ0v) is 17.8. The number of benzene rings is 4. The predicted molar refractivity (Wildman–Crippen MR) is 127 cm³/mol. The number of rotatable bonds is 7. The van der Waals surface area contributed by atoms with Gasteiger partial charge >= 0.3 is 5.97 Å². The molecule has 0 bridgehead atoms. The molecule has 158 valence electrons. The van der Waals surface area contributed by atoms with Crippen LogP contribution in [0.5, 0.6) is 0 Å². The highest BCUT2D eigenvalue weighted by atomic mass is 35.5. The Morgan fingerprint density at radius 3 is 2.00 bits per heavy atom. The summed E-state index contributed by atoms with van der Waals surface area (Å²) >= 11 is 6.01. The molecule has 0 heterocycles. The van der Waals surface area contributed by atoms with Crippen LogP contribution in [0, 0.1) is 0 Å². The van der Waals surface area contributed by atoms with Gasteiger partial charge in [0.2, 0.25) is 5.78 Å². The van der Waals surface area contributed by atoms with E-state index >= 15 is 0 Å². The van der Waals surface area contributed by atoms with Gasteiger partial charge in [-0.2, -0.15) is 0 Å². The summed E-state index contributed by atoms with van der Waals surface area (Å²) in [5.74, 6) is -0.914. The van der Waals surface area contributed by atoms with Gasteiger partial charge in [-0.05, 0) is 36.4 Å². The van der Waals surface area contributed by atoms with Gasteiger partial charge in [-0.1, -0.05) is 84.4 Å². The summed E-state index contributed by atoms with van der Waals surface area (Å²) in [6.07, 6.45) is -1.10. The second kappa shape index (κ2) is 9.94. The molecule has 0 amide bonds. The SMILES string of the molecule is O=C(O[C@@H](C(=O)c1ccccc1)c1ccc(Cl)cc1)c1ccccc1Nc1ccccc1. The van der Waals surface area contributed by atoms with Gasteiger partial charge in [-0.15, -0.1) is 0 Å². The molecule has 0 aliphatic heterocycles. The number of ketones is 1. The van der Waals surface area contributed by atoms with E-state index in [1.165, 1.54) is 0 Å². The largest absolute Gasteiger partial charge is 0.445 e. The third kappa shape index (κ3) is 5.05. The van der Waals surface area contributed by atoms with Crippen molar-refractivity contribution in [1.82, 2.24) is 0 Å². The van der Waals surface area contributed by atoms with Crippen LogP contribution in [0.2, 0.25) is 5.02 Å². The minimum atomic E-state index is -1.10. The molecule has 4 aromatic rings. The lowest BCUT2D eigenvalue weighted by molar-refractivity contribution is 0.0281. The average Bonchev–Trinajstić information content (AvgIpc) is 2.84. The lowest BCUT2D eigenvalue weighted by Gasteiger charge is -2.19. The van der Waals surface area contributed by atoms with Crippen molar-refractivity contribution in [2.75, 3.05) is 5.32 Å². The topological polar surface area (TPSA) is 55.4 Å². The Morgan fingerprint density at radius 1 is 0.719 bits per heavy atom. The molecule has 0 fully saturated rings. The molecule has 4 nitrogen and oxygen atoms in total. The third-order valence-corrected chi connectivity index (χ3v) is 5.15. The van der Waals surface area contributed by atoms with E-state index in [2.05, 4.69) is 5.32 Å². The zero-order valence-electron chi connectivity index (χ0n) is 17.1. The van der Waals surface area contributed by atoms with Crippen LogP contribution in [0.4, 0.5) is 11.4 Å². The van der Waals surface area contributed by atoms with Gasteiger partial charge in [0.05, 0.1) is 11.3 Å². The molecule has 0 aliphatic carbocycles. The Balaban J connectivity index is 1.65. The molecule has 0 radical (unpaired) electrons. The number of hydrogen-bond donors (Lipinski definition) is 1. The van der Waals surface area contributed by atoms with Gasteiger partial charge in [-0.25, -0.2) is 4.79 Å². The fourth-order valence-electron chi connectivity index (χ4n) is 3.28. The monoisotopic (exact) mass is 441 g/mol. The molecule has 0 saturated heterocycles. The average molecular weight is 442 g/mol. The summed E-state index contributed by atoms with van der Waals surface area (Å²) in [5, 5.41) is 3.76. The smallest absolute Gasteiger partial charge is 0.341 e. The molecule has 0 saturated carbocycles. The van der Waals surface area contributed by atoms with Crippen molar-refractivity contribution in [3.05, 3.63) is 131 Å². The minimum absolute atomic E-state index is 0.310. The first-order chi connectivity index (χ1) is 15.6. The maximum absolute atomic E-state index is 13.2. The summed E-state index contributed by atoms with van der Waals surface area (Å²) in [6, 6.07) is 32.0. The van der Waals surface area contributed by atoms with Crippen molar-refractivity contribution in [2.45, 2.75) is 6.10 Å². The summed E-state index contributed by atoms with van der Waals surface area (Å²) in [4.78, 5) is 26.4. The van der Waals surface area contributed by atoms with Crippen LogP contribution in [-0.2, 0) is 4.74 Å². The minimum Gasteiger partial charge on any atom is -0.445 e. The molecule has 5 heteroatoms. The highest BCUT2D eigenvalue weighted by Gasteiger charge is 2.27. The van der Waals surface area contributed by atoms with Crippen LogP contribution >= 0.6 is 11.6 Å². The highest BCUT2D eigenvalue weighted by molar-refractivity contribution is 6.30. The third-order valence-electron chi connectivity index (χ3n) is 4.89. The lowest BCUT2D eigenvalue weighted by Crippen LogP contribution is -2.21. The number of ether oxygens (including phenoxy) is 1. The van der Waals surface area contributed by atoms with Crippen molar-refractivity contribution in [1.29, 1.82) is 0 Å². The molecular formula is C27H20ClNO3. The van der Waals surface area contributed by atoms with Crippen LogP contribution in [0.1, 0.15) is 32.4 Å². The van der Waals surface area contributed by atoms with Gasteiger partial charge < -0.3 is 10.1 Å². The Hall–Kier alpha value is -3.89. The Morgan fingerprint density at radius 2 is 1.31 bits per heavy atom. The molecule has 0 aromatic heterocycles. The van der Waals surface area contributed by atoms with E-state index in [-0.39, 0.29) is 5.78 Å². The van der Waals surface area contributed by atoms with E-state index in [1.54, 1.807) is 66.7 Å². The van der Waals surface area contributed by atoms with E-state index < -0.39 is 12.1 Å². The molecule has 0 spiro atoms. The predicted octanol–water partition coefficient (Wildman–Crippen LogP) is 6.86. The lowest BCUT2D eigenvalue weighted by atomic mass is 9.99. The summed E-state index contributed by atoms with van der Waals surface area (Å²) in [5.41, 5.74) is 2.75. The molecule has 0 unspecified atom stereocenters. The van der Waals surface area contributed by atoms with E-state index in [0.29, 0.717) is 27.4 Å². The van der Waals surface area contributed by atoms with Crippen LogP contribution in [0.3, 0.4) is 0 Å². The maximum Gasteiger partial charge on any atom is 0.341 e. The Bertz CT molecular complexity index is 1210. The fourth-order valence-corrected chi connectivity index (χ4v) is 3.41.